The van der Waals surface area contributed by atoms with Crippen LogP contribution in [-0.2, 0) is 14.3 Å². The SMILES string of the molecule is COC(=O)C1=C(C)NC2=C(C(=O)C[C@H](c3ccccc3)C2)[C@H]1c1ccc(C)c(Br)c1. The Labute approximate surface area is 185 Å². The third-order valence-corrected chi connectivity index (χ3v) is 6.89. The molecule has 0 unspecified atom stereocenters. The molecule has 0 bridgehead atoms. The van der Waals surface area contributed by atoms with Crippen LogP contribution in [0, 0.1) is 6.92 Å². The lowest BCUT2D eigenvalue weighted by atomic mass is 9.71. The number of Topliss-reactive ketones (excluding diaryl/α,β-unsaturated/α-hetero) is 1. The van der Waals surface area contributed by atoms with E-state index in [4.69, 9.17) is 4.74 Å². The molecule has 0 amide bonds. The minimum absolute atomic E-state index is 0.0770. The number of dihydropyridines is 1. The summed E-state index contributed by atoms with van der Waals surface area (Å²) in [4.78, 5) is 26.1. The van der Waals surface area contributed by atoms with Gasteiger partial charge >= 0.3 is 5.97 Å². The van der Waals surface area contributed by atoms with Crippen LogP contribution in [0.15, 0.2) is 75.5 Å². The molecule has 2 aromatic carbocycles. The lowest BCUT2D eigenvalue weighted by Crippen LogP contribution is -2.36. The molecule has 30 heavy (non-hydrogen) atoms. The molecule has 154 valence electrons. The van der Waals surface area contributed by atoms with E-state index in [1.54, 1.807) is 0 Å². The molecule has 0 saturated carbocycles. The molecule has 1 aliphatic carbocycles. The fourth-order valence-electron chi connectivity index (χ4n) is 4.50. The lowest BCUT2D eigenvalue weighted by molar-refractivity contribution is -0.136. The van der Waals surface area contributed by atoms with Gasteiger partial charge in [-0.05, 0) is 48.9 Å². The molecular weight excluding hydrogens is 442 g/mol. The van der Waals surface area contributed by atoms with Gasteiger partial charge in [-0.3, -0.25) is 4.79 Å². The molecule has 4 nitrogen and oxygen atoms in total. The number of nitrogens with one attached hydrogen (secondary N) is 1. The van der Waals surface area contributed by atoms with Gasteiger partial charge in [0.25, 0.3) is 0 Å². The van der Waals surface area contributed by atoms with Crippen LogP contribution in [0.5, 0.6) is 0 Å². The van der Waals surface area contributed by atoms with Crippen LogP contribution in [0.1, 0.15) is 48.3 Å². The van der Waals surface area contributed by atoms with Gasteiger partial charge in [0, 0.05) is 33.8 Å². The molecule has 1 heterocycles. The van der Waals surface area contributed by atoms with Crippen molar-refractivity contribution in [3.63, 3.8) is 0 Å². The highest BCUT2D eigenvalue weighted by atomic mass is 79.9. The van der Waals surface area contributed by atoms with Crippen molar-refractivity contribution >= 4 is 27.7 Å². The Bertz CT molecular complexity index is 1080. The largest absolute Gasteiger partial charge is 0.466 e. The predicted molar refractivity (Wildman–Crippen MR) is 120 cm³/mol. The van der Waals surface area contributed by atoms with E-state index >= 15 is 0 Å². The number of rotatable bonds is 3. The molecular formula is C25H24BrNO3. The number of hydrogen-bond acceptors (Lipinski definition) is 4. The summed E-state index contributed by atoms with van der Waals surface area (Å²) in [6, 6.07) is 16.1. The highest BCUT2D eigenvalue weighted by Crippen LogP contribution is 2.46. The molecule has 5 heteroatoms. The second-order valence-corrected chi connectivity index (χ2v) is 8.78. The van der Waals surface area contributed by atoms with Gasteiger partial charge in [0.05, 0.1) is 12.7 Å². The molecule has 2 atom stereocenters. The smallest absolute Gasteiger partial charge is 0.336 e. The topological polar surface area (TPSA) is 55.4 Å². The molecule has 2 aromatic rings. The van der Waals surface area contributed by atoms with Crippen LogP contribution in [0.2, 0.25) is 0 Å². The van der Waals surface area contributed by atoms with Gasteiger partial charge in [-0.25, -0.2) is 4.79 Å². The zero-order chi connectivity index (χ0) is 21.4. The van der Waals surface area contributed by atoms with Crippen LogP contribution in [0.3, 0.4) is 0 Å². The van der Waals surface area contributed by atoms with E-state index in [0.717, 1.165) is 39.0 Å². The maximum Gasteiger partial charge on any atom is 0.336 e. The van der Waals surface area contributed by atoms with Crippen molar-refractivity contribution in [3.05, 3.63) is 92.2 Å². The lowest BCUT2D eigenvalue weighted by Gasteiger charge is -2.36. The highest BCUT2D eigenvalue weighted by Gasteiger charge is 2.41. The minimum Gasteiger partial charge on any atom is -0.466 e. The number of carbonyl (C=O) groups is 2. The van der Waals surface area contributed by atoms with Crippen molar-refractivity contribution in [1.29, 1.82) is 0 Å². The summed E-state index contributed by atoms with van der Waals surface area (Å²) in [5, 5.41) is 3.37. The van der Waals surface area contributed by atoms with E-state index in [0.29, 0.717) is 17.6 Å². The van der Waals surface area contributed by atoms with E-state index in [1.807, 2.05) is 50.2 Å². The van der Waals surface area contributed by atoms with Crippen molar-refractivity contribution in [2.45, 2.75) is 38.5 Å². The Morgan fingerprint density at radius 1 is 1.07 bits per heavy atom. The van der Waals surface area contributed by atoms with E-state index < -0.39 is 11.9 Å². The Kier molecular flexibility index (Phi) is 5.65. The van der Waals surface area contributed by atoms with Crippen molar-refractivity contribution in [1.82, 2.24) is 5.32 Å². The van der Waals surface area contributed by atoms with Crippen LogP contribution >= 0.6 is 15.9 Å². The first-order valence-electron chi connectivity index (χ1n) is 10.0. The summed E-state index contributed by atoms with van der Waals surface area (Å²) in [6.45, 7) is 3.89. The number of ketones is 1. The first kappa shape index (κ1) is 20.6. The average molecular weight is 466 g/mol. The Hall–Kier alpha value is -2.66. The average Bonchev–Trinajstić information content (AvgIpc) is 2.74. The number of esters is 1. The molecule has 2 aliphatic rings. The summed E-state index contributed by atoms with van der Waals surface area (Å²) in [5.41, 5.74) is 6.00. The Morgan fingerprint density at radius 2 is 1.80 bits per heavy atom. The zero-order valence-corrected chi connectivity index (χ0v) is 18.9. The minimum atomic E-state index is -0.435. The third kappa shape index (κ3) is 3.63. The van der Waals surface area contributed by atoms with E-state index in [1.165, 1.54) is 7.11 Å². The predicted octanol–water partition coefficient (Wildman–Crippen LogP) is 5.29. The van der Waals surface area contributed by atoms with Gasteiger partial charge in [0.1, 0.15) is 0 Å². The van der Waals surface area contributed by atoms with Crippen molar-refractivity contribution in [3.8, 4) is 0 Å². The number of aryl methyl sites for hydroxylation is 1. The highest BCUT2D eigenvalue weighted by molar-refractivity contribution is 9.10. The molecule has 0 fully saturated rings. The van der Waals surface area contributed by atoms with Crippen LogP contribution < -0.4 is 5.32 Å². The summed E-state index contributed by atoms with van der Waals surface area (Å²) in [7, 11) is 1.38. The number of benzene rings is 2. The van der Waals surface area contributed by atoms with E-state index in [2.05, 4.69) is 33.4 Å². The standard InChI is InChI=1S/C25H24BrNO3/c1-14-9-10-17(11-19(14)26)23-22(25(29)30-3)15(2)27-20-12-18(13-21(28)24(20)23)16-7-5-4-6-8-16/h4-11,18,23,27H,12-13H2,1-3H3/t18-,23+/m1/s1. The number of methoxy groups -OCH3 is 1. The van der Waals surface area contributed by atoms with Crippen molar-refractivity contribution in [2.24, 2.45) is 0 Å². The van der Waals surface area contributed by atoms with Crippen LogP contribution in [0.4, 0.5) is 0 Å². The first-order valence-corrected chi connectivity index (χ1v) is 10.8. The summed E-state index contributed by atoms with van der Waals surface area (Å²) in [5.74, 6) is -0.642. The fourth-order valence-corrected chi connectivity index (χ4v) is 4.90. The zero-order valence-electron chi connectivity index (χ0n) is 17.3. The summed E-state index contributed by atoms with van der Waals surface area (Å²) in [6.07, 6.45) is 1.17. The van der Waals surface area contributed by atoms with Crippen LogP contribution in [-0.4, -0.2) is 18.9 Å². The number of halogens is 1. The number of carbonyl (C=O) groups excluding carboxylic acids is 2. The van der Waals surface area contributed by atoms with Gasteiger partial charge in [-0.2, -0.15) is 0 Å². The summed E-state index contributed by atoms with van der Waals surface area (Å²) < 4.78 is 6.04. The van der Waals surface area contributed by atoms with Crippen LogP contribution in [0.25, 0.3) is 0 Å². The van der Waals surface area contributed by atoms with Crippen molar-refractivity contribution < 1.29 is 14.3 Å². The first-order chi connectivity index (χ1) is 14.4. The van der Waals surface area contributed by atoms with Gasteiger partial charge in [-0.1, -0.05) is 58.4 Å². The molecule has 4 rings (SSSR count). The molecule has 0 spiro atoms. The summed E-state index contributed by atoms with van der Waals surface area (Å²) >= 11 is 3.60. The monoisotopic (exact) mass is 465 g/mol. The normalized spacial score (nSPS) is 21.3. The molecule has 1 aliphatic heterocycles. The second kappa shape index (κ2) is 8.23. The molecule has 0 radical (unpaired) electrons. The maximum atomic E-state index is 13.4. The quantitative estimate of drug-likeness (QED) is 0.625. The number of allylic oxidation sites excluding steroid dienone is 3. The van der Waals surface area contributed by atoms with E-state index in [9.17, 15) is 9.59 Å². The Morgan fingerprint density at radius 3 is 2.47 bits per heavy atom. The molecule has 1 N–H and O–H groups in total. The Balaban J connectivity index is 1.83. The number of hydrogen-bond donors (Lipinski definition) is 1. The van der Waals surface area contributed by atoms with Gasteiger partial charge < -0.3 is 10.1 Å². The maximum absolute atomic E-state index is 13.4. The molecule has 0 saturated heterocycles. The number of ether oxygens (including phenoxy) is 1. The molecule has 0 aromatic heterocycles. The van der Waals surface area contributed by atoms with E-state index in [-0.39, 0.29) is 11.7 Å². The fraction of sp³-hybridized carbons (Fsp3) is 0.280. The third-order valence-electron chi connectivity index (χ3n) is 6.03. The van der Waals surface area contributed by atoms with Gasteiger partial charge in [-0.15, -0.1) is 0 Å². The van der Waals surface area contributed by atoms with Gasteiger partial charge in [0.2, 0.25) is 0 Å². The second-order valence-electron chi connectivity index (χ2n) is 7.93. The van der Waals surface area contributed by atoms with Gasteiger partial charge in [0.15, 0.2) is 5.78 Å². The van der Waals surface area contributed by atoms with Crippen molar-refractivity contribution in [2.75, 3.05) is 7.11 Å².